The number of anilines is 1. The van der Waals surface area contributed by atoms with Crippen molar-refractivity contribution in [2.24, 2.45) is 0 Å². The zero-order valence-corrected chi connectivity index (χ0v) is 16.7. The highest BCUT2D eigenvalue weighted by molar-refractivity contribution is 5.81. The highest BCUT2D eigenvalue weighted by Crippen LogP contribution is 2.32. The lowest BCUT2D eigenvalue weighted by Crippen LogP contribution is -2.28. The number of ether oxygens (including phenoxy) is 1. The topological polar surface area (TPSA) is 69.3 Å². The molecule has 3 heterocycles. The van der Waals surface area contributed by atoms with Gasteiger partial charge in [0.05, 0.1) is 13.3 Å². The van der Waals surface area contributed by atoms with E-state index in [-0.39, 0.29) is 0 Å². The van der Waals surface area contributed by atoms with Crippen molar-refractivity contribution < 1.29 is 4.74 Å². The molecule has 0 spiro atoms. The van der Waals surface area contributed by atoms with Crippen LogP contribution >= 0.6 is 0 Å². The van der Waals surface area contributed by atoms with Gasteiger partial charge in [-0.05, 0) is 49.9 Å². The largest absolute Gasteiger partial charge is 0.496 e. The highest BCUT2D eigenvalue weighted by atomic mass is 16.5. The van der Waals surface area contributed by atoms with Gasteiger partial charge >= 0.3 is 0 Å². The zero-order valence-electron chi connectivity index (χ0n) is 16.7. The van der Waals surface area contributed by atoms with Crippen LogP contribution in [0.1, 0.15) is 24.6 Å². The number of methoxy groups -OCH3 is 1. The number of nitrogens with zero attached hydrogens (tertiary/aromatic N) is 5. The maximum atomic E-state index is 5.54. The lowest BCUT2D eigenvalue weighted by Gasteiger charge is -2.23. The number of para-hydroxylation sites is 1. The lowest BCUT2D eigenvalue weighted by atomic mass is 9.93. The van der Waals surface area contributed by atoms with Crippen molar-refractivity contribution in [3.63, 3.8) is 0 Å². The van der Waals surface area contributed by atoms with Crippen molar-refractivity contribution in [3.05, 3.63) is 60.0 Å². The highest BCUT2D eigenvalue weighted by Gasteiger charge is 2.23. The minimum Gasteiger partial charge on any atom is -0.496 e. The van der Waals surface area contributed by atoms with Crippen molar-refractivity contribution in [3.8, 4) is 16.9 Å². The van der Waals surface area contributed by atoms with E-state index < -0.39 is 0 Å². The van der Waals surface area contributed by atoms with Crippen LogP contribution in [0.5, 0.6) is 5.75 Å². The van der Waals surface area contributed by atoms with E-state index in [9.17, 15) is 0 Å². The van der Waals surface area contributed by atoms with Gasteiger partial charge in [0.1, 0.15) is 5.75 Å². The summed E-state index contributed by atoms with van der Waals surface area (Å²) in [7, 11) is 1.69. The summed E-state index contributed by atoms with van der Waals surface area (Å²) in [6, 6.07) is 12.3. The molecule has 29 heavy (non-hydrogen) atoms. The van der Waals surface area contributed by atoms with Crippen LogP contribution in [0.4, 0.5) is 5.95 Å². The van der Waals surface area contributed by atoms with Crippen LogP contribution in [0.25, 0.3) is 16.8 Å². The molecule has 4 aromatic rings. The predicted molar refractivity (Wildman–Crippen MR) is 112 cm³/mol. The molecule has 0 fully saturated rings. The Morgan fingerprint density at radius 3 is 2.90 bits per heavy atom. The molecule has 3 aromatic heterocycles. The van der Waals surface area contributed by atoms with Crippen LogP contribution in [-0.4, -0.2) is 37.5 Å². The Bertz CT molecular complexity index is 1160. The number of rotatable bonds is 5. The Morgan fingerprint density at radius 2 is 2.03 bits per heavy atom. The number of fused-ring (bicyclic) bond motifs is 2. The van der Waals surface area contributed by atoms with Gasteiger partial charge in [0.25, 0.3) is 0 Å². The molecule has 7 nitrogen and oxygen atoms in total. The molecule has 148 valence electrons. The standard InChI is InChI=1S/C22H24N6O/c1-3-27-19-11-10-16(13-15(19)14-23-27)24-22-25-21-18(8-6-12-28(21)26-22)17-7-4-5-9-20(17)29-2/h4-9,12,14,16H,3,10-11,13H2,1-2H3,(H,24,26). The summed E-state index contributed by atoms with van der Waals surface area (Å²) in [6.07, 6.45) is 6.96. The molecular weight excluding hydrogens is 364 g/mol. The third kappa shape index (κ3) is 3.12. The third-order valence-corrected chi connectivity index (χ3v) is 5.62. The predicted octanol–water partition coefficient (Wildman–Crippen LogP) is 3.59. The van der Waals surface area contributed by atoms with Crippen molar-refractivity contribution in [2.75, 3.05) is 12.4 Å². The minimum atomic E-state index is 0.309. The molecule has 0 saturated heterocycles. The summed E-state index contributed by atoms with van der Waals surface area (Å²) in [5.41, 5.74) is 5.52. The van der Waals surface area contributed by atoms with E-state index in [1.165, 1.54) is 11.3 Å². The smallest absolute Gasteiger partial charge is 0.243 e. The summed E-state index contributed by atoms with van der Waals surface area (Å²) in [4.78, 5) is 4.80. The summed E-state index contributed by atoms with van der Waals surface area (Å²) in [5, 5.41) is 12.7. The number of benzene rings is 1. The Kier molecular flexibility index (Phi) is 4.42. The maximum Gasteiger partial charge on any atom is 0.243 e. The number of nitrogens with one attached hydrogen (secondary N) is 1. The molecule has 0 radical (unpaired) electrons. The van der Waals surface area contributed by atoms with Gasteiger partial charge in [-0.2, -0.15) is 10.1 Å². The fourth-order valence-corrected chi connectivity index (χ4v) is 4.21. The monoisotopic (exact) mass is 388 g/mol. The van der Waals surface area contributed by atoms with Crippen molar-refractivity contribution in [1.82, 2.24) is 24.4 Å². The lowest BCUT2D eigenvalue weighted by molar-refractivity contribution is 0.416. The van der Waals surface area contributed by atoms with E-state index in [0.717, 1.165) is 48.3 Å². The number of aromatic nitrogens is 5. The van der Waals surface area contributed by atoms with Crippen LogP contribution in [0.15, 0.2) is 48.8 Å². The van der Waals surface area contributed by atoms with E-state index in [4.69, 9.17) is 9.72 Å². The van der Waals surface area contributed by atoms with E-state index >= 15 is 0 Å². The molecule has 1 aliphatic carbocycles. The van der Waals surface area contributed by atoms with Gasteiger partial charge in [-0.1, -0.05) is 18.2 Å². The first kappa shape index (κ1) is 17.7. The van der Waals surface area contributed by atoms with E-state index in [2.05, 4.69) is 33.2 Å². The Labute approximate surface area is 169 Å². The molecule has 7 heteroatoms. The van der Waals surface area contributed by atoms with Gasteiger partial charge in [0.15, 0.2) is 5.65 Å². The van der Waals surface area contributed by atoms with Crippen molar-refractivity contribution >= 4 is 11.6 Å². The average Bonchev–Trinajstić information content (AvgIpc) is 3.36. The van der Waals surface area contributed by atoms with Crippen molar-refractivity contribution in [1.29, 1.82) is 0 Å². The van der Waals surface area contributed by atoms with Gasteiger partial charge in [-0.15, -0.1) is 5.10 Å². The minimum absolute atomic E-state index is 0.309. The van der Waals surface area contributed by atoms with Gasteiger partial charge in [-0.3, -0.25) is 4.68 Å². The first-order valence-corrected chi connectivity index (χ1v) is 10.1. The molecule has 1 N–H and O–H groups in total. The Balaban J connectivity index is 1.44. The molecule has 0 aliphatic heterocycles. The second-order valence-electron chi connectivity index (χ2n) is 7.34. The third-order valence-electron chi connectivity index (χ3n) is 5.62. The Morgan fingerprint density at radius 1 is 1.17 bits per heavy atom. The molecule has 0 amide bonds. The summed E-state index contributed by atoms with van der Waals surface area (Å²) < 4.78 is 9.47. The van der Waals surface area contributed by atoms with Crippen LogP contribution in [0.3, 0.4) is 0 Å². The number of hydrogen-bond acceptors (Lipinski definition) is 5. The first-order chi connectivity index (χ1) is 14.3. The average molecular weight is 388 g/mol. The molecule has 0 saturated carbocycles. The van der Waals surface area contributed by atoms with Crippen LogP contribution < -0.4 is 10.1 Å². The summed E-state index contributed by atoms with van der Waals surface area (Å²) in [5.74, 6) is 1.48. The van der Waals surface area contributed by atoms with E-state index in [1.54, 1.807) is 7.11 Å². The van der Waals surface area contributed by atoms with Crippen LogP contribution in [0.2, 0.25) is 0 Å². The second kappa shape index (κ2) is 7.24. The Hall–Kier alpha value is -3.35. The van der Waals surface area contributed by atoms with Gasteiger partial charge in [-0.25, -0.2) is 4.52 Å². The molecule has 1 unspecified atom stereocenters. The number of pyridine rings is 1. The number of hydrogen-bond donors (Lipinski definition) is 1. The maximum absolute atomic E-state index is 5.54. The first-order valence-electron chi connectivity index (χ1n) is 10.1. The van der Waals surface area contributed by atoms with Crippen LogP contribution in [-0.2, 0) is 19.4 Å². The zero-order chi connectivity index (χ0) is 19.8. The fraction of sp³-hybridized carbons (Fsp3) is 0.318. The van der Waals surface area contributed by atoms with E-state index in [0.29, 0.717) is 12.0 Å². The molecule has 1 aromatic carbocycles. The van der Waals surface area contributed by atoms with Crippen LogP contribution in [0, 0.1) is 0 Å². The molecule has 5 rings (SSSR count). The normalized spacial score (nSPS) is 16.0. The molecule has 1 aliphatic rings. The quantitative estimate of drug-likeness (QED) is 0.566. The summed E-state index contributed by atoms with van der Waals surface area (Å²) >= 11 is 0. The fourth-order valence-electron chi connectivity index (χ4n) is 4.21. The van der Waals surface area contributed by atoms with Gasteiger partial charge in [0.2, 0.25) is 5.95 Å². The molecule has 1 atom stereocenters. The summed E-state index contributed by atoms with van der Waals surface area (Å²) in [6.45, 7) is 3.06. The SMILES string of the molecule is CCn1ncc2c1CCC(Nc1nc3c(-c4ccccc4OC)cccn3n1)C2. The van der Waals surface area contributed by atoms with E-state index in [1.807, 2.05) is 47.2 Å². The molecule has 0 bridgehead atoms. The number of aryl methyl sites for hydroxylation is 1. The molecular formula is C22H24N6O. The second-order valence-corrected chi connectivity index (χ2v) is 7.34. The van der Waals surface area contributed by atoms with Gasteiger partial charge in [0, 0.05) is 35.6 Å². The van der Waals surface area contributed by atoms with Gasteiger partial charge < -0.3 is 10.1 Å². The van der Waals surface area contributed by atoms with Crippen molar-refractivity contribution in [2.45, 2.75) is 38.8 Å².